The predicted octanol–water partition coefficient (Wildman–Crippen LogP) is 8.37. The fourth-order valence-corrected chi connectivity index (χ4v) is 4.26. The number of aromatic hydroxyl groups is 1. The van der Waals surface area contributed by atoms with Gasteiger partial charge in [0.25, 0.3) is 0 Å². The average molecular weight is 547 g/mol. The summed E-state index contributed by atoms with van der Waals surface area (Å²) >= 11 is 0. The van der Waals surface area contributed by atoms with Crippen molar-refractivity contribution >= 4 is 21.9 Å². The molecule has 0 fully saturated rings. The molecule has 0 aliphatic carbocycles. The summed E-state index contributed by atoms with van der Waals surface area (Å²) in [6.07, 6.45) is 8.81. The molecule has 6 nitrogen and oxygen atoms in total. The van der Waals surface area contributed by atoms with Crippen LogP contribution in [0.4, 0.5) is 0 Å². The van der Waals surface area contributed by atoms with Gasteiger partial charge in [0.05, 0.1) is 12.5 Å². The van der Waals surface area contributed by atoms with Crippen molar-refractivity contribution in [3.05, 3.63) is 80.1 Å². The molecule has 0 unspecified atom stereocenters. The van der Waals surface area contributed by atoms with Gasteiger partial charge in [-0.05, 0) is 80.4 Å². The smallest absolute Gasteiger partial charge is 0.204 e. The van der Waals surface area contributed by atoms with Crippen LogP contribution in [0.1, 0.15) is 66.5 Å². The number of rotatable bonds is 11. The Labute approximate surface area is 237 Å². The molecular formula is C34H42O6. The van der Waals surface area contributed by atoms with E-state index in [1.54, 1.807) is 19.2 Å². The first-order valence-corrected chi connectivity index (χ1v) is 13.6. The van der Waals surface area contributed by atoms with Gasteiger partial charge >= 0.3 is 0 Å². The van der Waals surface area contributed by atoms with Gasteiger partial charge in [0.1, 0.15) is 41.3 Å². The molecule has 6 heteroatoms. The highest BCUT2D eigenvalue weighted by molar-refractivity contribution is 5.98. The lowest BCUT2D eigenvalue weighted by atomic mass is 9.98. The van der Waals surface area contributed by atoms with Crippen LogP contribution in [0.2, 0.25) is 0 Å². The third-order valence-corrected chi connectivity index (χ3v) is 6.40. The van der Waals surface area contributed by atoms with E-state index in [4.69, 9.17) is 18.6 Å². The number of ether oxygens (including phenoxy) is 3. The van der Waals surface area contributed by atoms with E-state index in [0.29, 0.717) is 65.4 Å². The van der Waals surface area contributed by atoms with Crippen molar-refractivity contribution in [3.63, 3.8) is 0 Å². The minimum atomic E-state index is -0.325. The van der Waals surface area contributed by atoms with Gasteiger partial charge in [0.2, 0.25) is 5.43 Å². The van der Waals surface area contributed by atoms with Crippen molar-refractivity contribution in [1.82, 2.24) is 0 Å². The summed E-state index contributed by atoms with van der Waals surface area (Å²) in [5.74, 6) is 1.30. The summed E-state index contributed by atoms with van der Waals surface area (Å²) in [5.41, 5.74) is 5.91. The topological polar surface area (TPSA) is 78.1 Å². The molecule has 1 heterocycles. The van der Waals surface area contributed by atoms with Gasteiger partial charge in [0.15, 0.2) is 11.5 Å². The van der Waals surface area contributed by atoms with Gasteiger partial charge in [0, 0.05) is 23.3 Å². The number of phenolic OH excluding ortho intramolecular Hbond substituents is 1. The van der Waals surface area contributed by atoms with Crippen LogP contribution in [-0.4, -0.2) is 25.4 Å². The first-order valence-electron chi connectivity index (χ1n) is 13.6. The van der Waals surface area contributed by atoms with Gasteiger partial charge < -0.3 is 23.7 Å². The van der Waals surface area contributed by atoms with Crippen LogP contribution in [0.25, 0.3) is 21.9 Å². The van der Waals surface area contributed by atoms with Crippen molar-refractivity contribution in [2.24, 2.45) is 0 Å². The number of allylic oxidation sites excluding steroid dienone is 6. The molecule has 3 aromatic rings. The molecule has 0 amide bonds. The van der Waals surface area contributed by atoms with Crippen LogP contribution in [0, 0.1) is 0 Å². The molecule has 0 radical (unpaired) electrons. The fraction of sp³-hybridized carbons (Fsp3) is 0.382. The highest BCUT2D eigenvalue weighted by Crippen LogP contribution is 2.41. The number of fused-ring (bicyclic) bond motifs is 2. The lowest BCUT2D eigenvalue weighted by Crippen LogP contribution is -2.10. The van der Waals surface area contributed by atoms with Gasteiger partial charge in [-0.1, -0.05) is 34.4 Å². The molecule has 0 aliphatic rings. The SMILES string of the molecule is COc1c(OCC=C(C)C)cc2oc3cc(OCC=C(C)C)c(CC=C(C)C)c(O)c3c(=O)c2c1CC=C(C)C. The van der Waals surface area contributed by atoms with Gasteiger partial charge in [-0.15, -0.1) is 0 Å². The third kappa shape index (κ3) is 7.17. The van der Waals surface area contributed by atoms with Gasteiger partial charge in [-0.2, -0.15) is 0 Å². The zero-order valence-corrected chi connectivity index (χ0v) is 25.3. The molecule has 1 aromatic heterocycles. The van der Waals surface area contributed by atoms with Crippen LogP contribution >= 0.6 is 0 Å². The van der Waals surface area contributed by atoms with E-state index < -0.39 is 0 Å². The molecule has 0 atom stereocenters. The Hall–Kier alpha value is -3.93. The first-order chi connectivity index (χ1) is 18.9. The van der Waals surface area contributed by atoms with E-state index in [1.807, 2.05) is 79.7 Å². The maximum Gasteiger partial charge on any atom is 0.204 e. The summed E-state index contributed by atoms with van der Waals surface area (Å²) in [6.45, 7) is 16.7. The minimum absolute atomic E-state index is 0.123. The van der Waals surface area contributed by atoms with E-state index in [2.05, 4.69) is 0 Å². The maximum atomic E-state index is 14.1. The molecule has 0 saturated heterocycles. The number of benzene rings is 2. The van der Waals surface area contributed by atoms with Crippen molar-refractivity contribution < 1.29 is 23.7 Å². The maximum absolute atomic E-state index is 14.1. The van der Waals surface area contributed by atoms with Crippen molar-refractivity contribution in [1.29, 1.82) is 0 Å². The Morgan fingerprint density at radius 3 is 1.73 bits per heavy atom. The van der Waals surface area contributed by atoms with Crippen LogP contribution in [0.5, 0.6) is 23.0 Å². The lowest BCUT2D eigenvalue weighted by molar-refractivity contribution is 0.324. The number of methoxy groups -OCH3 is 1. The summed E-state index contributed by atoms with van der Waals surface area (Å²) in [6, 6.07) is 3.39. The zero-order chi connectivity index (χ0) is 29.6. The normalized spacial score (nSPS) is 10.7. The molecule has 2 aromatic carbocycles. The Balaban J connectivity index is 2.40. The molecule has 0 spiro atoms. The van der Waals surface area contributed by atoms with E-state index >= 15 is 0 Å². The Bertz CT molecular complexity index is 1560. The second-order valence-corrected chi connectivity index (χ2v) is 10.9. The van der Waals surface area contributed by atoms with Crippen LogP contribution in [0.3, 0.4) is 0 Å². The van der Waals surface area contributed by atoms with E-state index in [9.17, 15) is 9.90 Å². The molecule has 1 N–H and O–H groups in total. The standard InChI is InChI=1S/C34H42O6/c1-20(2)10-12-24-26(38-16-14-22(5)6)18-28-31(32(24)35)33(36)30-25(13-11-21(3)4)34(37-9)29(19-27(30)40-28)39-17-15-23(7)8/h10-11,14-15,18-19,35H,12-13,16-17H2,1-9H3. The summed E-state index contributed by atoms with van der Waals surface area (Å²) < 4.78 is 24.3. The minimum Gasteiger partial charge on any atom is -0.507 e. The predicted molar refractivity (Wildman–Crippen MR) is 164 cm³/mol. The molecule has 3 rings (SSSR count). The Kier molecular flexibility index (Phi) is 10.3. The first kappa shape index (κ1) is 30.6. The average Bonchev–Trinajstić information content (AvgIpc) is 2.85. The van der Waals surface area contributed by atoms with Crippen molar-refractivity contribution in [2.75, 3.05) is 20.3 Å². The van der Waals surface area contributed by atoms with Crippen LogP contribution in [-0.2, 0) is 12.8 Å². The molecule has 0 saturated carbocycles. The largest absolute Gasteiger partial charge is 0.507 e. The quantitative estimate of drug-likeness (QED) is 0.192. The summed E-state index contributed by atoms with van der Waals surface area (Å²) in [5, 5.41) is 12.0. The highest BCUT2D eigenvalue weighted by atomic mass is 16.5. The highest BCUT2D eigenvalue weighted by Gasteiger charge is 2.24. The fourth-order valence-electron chi connectivity index (χ4n) is 4.26. The van der Waals surface area contributed by atoms with Gasteiger partial charge in [-0.25, -0.2) is 0 Å². The zero-order valence-electron chi connectivity index (χ0n) is 25.3. The van der Waals surface area contributed by atoms with Crippen molar-refractivity contribution in [2.45, 2.75) is 68.2 Å². The summed E-state index contributed by atoms with van der Waals surface area (Å²) in [4.78, 5) is 14.1. The Morgan fingerprint density at radius 2 is 1.20 bits per heavy atom. The molecule has 0 aliphatic heterocycles. The number of phenols is 1. The van der Waals surface area contributed by atoms with Crippen LogP contribution in [0.15, 0.2) is 67.9 Å². The second kappa shape index (κ2) is 13.4. The van der Waals surface area contributed by atoms with Crippen molar-refractivity contribution in [3.8, 4) is 23.0 Å². The number of hydrogen-bond acceptors (Lipinski definition) is 6. The second-order valence-electron chi connectivity index (χ2n) is 10.9. The monoisotopic (exact) mass is 546 g/mol. The lowest BCUT2D eigenvalue weighted by Gasteiger charge is -2.17. The van der Waals surface area contributed by atoms with Gasteiger partial charge in [-0.3, -0.25) is 4.79 Å². The molecule has 0 bridgehead atoms. The molecule has 214 valence electrons. The molecule has 40 heavy (non-hydrogen) atoms. The Morgan fingerprint density at radius 1 is 0.725 bits per heavy atom. The van der Waals surface area contributed by atoms with E-state index in [-0.39, 0.29) is 22.1 Å². The van der Waals surface area contributed by atoms with E-state index in [1.165, 1.54) is 0 Å². The number of hydrogen-bond donors (Lipinski definition) is 1. The van der Waals surface area contributed by atoms with E-state index in [0.717, 1.165) is 22.3 Å². The summed E-state index contributed by atoms with van der Waals surface area (Å²) in [7, 11) is 1.56. The molecular weight excluding hydrogens is 504 g/mol. The van der Waals surface area contributed by atoms with Crippen LogP contribution < -0.4 is 19.6 Å². The third-order valence-electron chi connectivity index (χ3n) is 6.40.